The van der Waals surface area contributed by atoms with Gasteiger partial charge in [-0.2, -0.15) is 0 Å². The van der Waals surface area contributed by atoms with E-state index < -0.39 is 11.9 Å². The Bertz CT molecular complexity index is 383. The van der Waals surface area contributed by atoms with Crippen LogP contribution in [0.3, 0.4) is 0 Å². The molecule has 2 rings (SSSR count). The number of benzene rings is 1. The number of aliphatic carboxylic acids is 1. The second-order valence-electron chi connectivity index (χ2n) is 3.50. The van der Waals surface area contributed by atoms with E-state index in [0.29, 0.717) is 6.54 Å². The molecule has 1 fully saturated rings. The first-order chi connectivity index (χ1) is 7.18. The maximum absolute atomic E-state index is 11.0. The summed E-state index contributed by atoms with van der Waals surface area (Å²) in [4.78, 5) is 11.0. The molecule has 1 aromatic rings. The molecule has 1 saturated heterocycles. The lowest BCUT2D eigenvalue weighted by atomic mass is 9.95. The third-order valence-corrected chi connectivity index (χ3v) is 3.00. The average molecular weight is 271 g/mol. The highest BCUT2D eigenvalue weighted by atomic mass is 79.9. The van der Waals surface area contributed by atoms with Crippen LogP contribution in [-0.4, -0.2) is 17.6 Å². The molecule has 15 heavy (non-hydrogen) atoms. The van der Waals surface area contributed by atoms with Crippen molar-refractivity contribution >= 4 is 21.9 Å². The zero-order valence-electron chi connectivity index (χ0n) is 7.90. The summed E-state index contributed by atoms with van der Waals surface area (Å²) in [7, 11) is 0. The zero-order valence-corrected chi connectivity index (χ0v) is 9.49. The molecule has 0 aromatic heterocycles. The van der Waals surface area contributed by atoms with Crippen LogP contribution in [-0.2, 0) is 4.79 Å². The van der Waals surface area contributed by atoms with Gasteiger partial charge < -0.3 is 5.11 Å². The van der Waals surface area contributed by atoms with Crippen molar-refractivity contribution in [1.29, 1.82) is 0 Å². The Labute approximate surface area is 95.8 Å². The molecule has 0 spiro atoms. The molecule has 1 aliphatic heterocycles. The van der Waals surface area contributed by atoms with Gasteiger partial charge in [0.15, 0.2) is 0 Å². The Kier molecular flexibility index (Phi) is 3.04. The van der Waals surface area contributed by atoms with Crippen molar-refractivity contribution in [1.82, 2.24) is 10.9 Å². The van der Waals surface area contributed by atoms with Crippen molar-refractivity contribution < 1.29 is 9.90 Å². The van der Waals surface area contributed by atoms with Crippen molar-refractivity contribution in [3.05, 3.63) is 34.3 Å². The van der Waals surface area contributed by atoms with Crippen LogP contribution in [0.25, 0.3) is 0 Å². The predicted octanol–water partition coefficient (Wildman–Crippen LogP) is 1.30. The molecule has 80 valence electrons. The summed E-state index contributed by atoms with van der Waals surface area (Å²) in [6.45, 7) is 0.451. The van der Waals surface area contributed by atoms with E-state index in [1.165, 1.54) is 0 Å². The molecular formula is C10H11BrN2O2. The standard InChI is InChI=1S/C10H11BrN2O2/c11-7-3-1-2-6(4-7)9-8(10(14)15)5-12-13-9/h1-4,8-9,12-13H,5H2,(H,14,15). The lowest BCUT2D eigenvalue weighted by molar-refractivity contribution is -0.141. The Balaban J connectivity index is 2.26. The fraction of sp³-hybridized carbons (Fsp3) is 0.300. The minimum Gasteiger partial charge on any atom is -0.481 e. The molecule has 0 aliphatic carbocycles. The molecule has 2 unspecified atom stereocenters. The number of carboxylic acids is 1. The van der Waals surface area contributed by atoms with Crippen LogP contribution in [0.5, 0.6) is 0 Å². The van der Waals surface area contributed by atoms with Crippen LogP contribution in [0, 0.1) is 5.92 Å². The number of rotatable bonds is 2. The highest BCUT2D eigenvalue weighted by molar-refractivity contribution is 9.10. The molecule has 0 amide bonds. The van der Waals surface area contributed by atoms with E-state index in [0.717, 1.165) is 10.0 Å². The number of hydrazine groups is 1. The average Bonchev–Trinajstić information content (AvgIpc) is 2.65. The van der Waals surface area contributed by atoms with Gasteiger partial charge in [0.1, 0.15) is 0 Å². The number of hydrogen-bond acceptors (Lipinski definition) is 3. The molecule has 0 saturated carbocycles. The Morgan fingerprint density at radius 1 is 1.53 bits per heavy atom. The molecule has 3 N–H and O–H groups in total. The first-order valence-electron chi connectivity index (χ1n) is 4.65. The number of hydrogen-bond donors (Lipinski definition) is 3. The smallest absolute Gasteiger partial charge is 0.309 e. The fourth-order valence-corrected chi connectivity index (χ4v) is 2.16. The van der Waals surface area contributed by atoms with Gasteiger partial charge in [0, 0.05) is 11.0 Å². The van der Waals surface area contributed by atoms with Gasteiger partial charge in [-0.1, -0.05) is 28.1 Å². The van der Waals surface area contributed by atoms with Crippen LogP contribution in [0.4, 0.5) is 0 Å². The normalized spacial score (nSPS) is 25.4. The second-order valence-corrected chi connectivity index (χ2v) is 4.42. The topological polar surface area (TPSA) is 61.4 Å². The van der Waals surface area contributed by atoms with Crippen LogP contribution in [0.15, 0.2) is 28.7 Å². The summed E-state index contributed by atoms with van der Waals surface area (Å²) in [5, 5.41) is 9.02. The van der Waals surface area contributed by atoms with Crippen LogP contribution in [0.1, 0.15) is 11.6 Å². The van der Waals surface area contributed by atoms with Gasteiger partial charge in [0.05, 0.1) is 12.0 Å². The van der Waals surface area contributed by atoms with Crippen molar-refractivity contribution in [2.45, 2.75) is 6.04 Å². The molecule has 1 aliphatic rings. The number of carboxylic acid groups (broad SMARTS) is 1. The summed E-state index contributed by atoms with van der Waals surface area (Å²) in [6.07, 6.45) is 0. The minimum absolute atomic E-state index is 0.167. The predicted molar refractivity (Wildman–Crippen MR) is 59.1 cm³/mol. The van der Waals surface area contributed by atoms with Gasteiger partial charge in [-0.05, 0) is 17.7 Å². The van der Waals surface area contributed by atoms with Gasteiger partial charge in [0.2, 0.25) is 0 Å². The Hall–Kier alpha value is -0.910. The van der Waals surface area contributed by atoms with Gasteiger partial charge in [0.25, 0.3) is 0 Å². The molecule has 0 radical (unpaired) electrons. The monoisotopic (exact) mass is 270 g/mol. The lowest BCUT2D eigenvalue weighted by Crippen LogP contribution is -2.26. The first-order valence-corrected chi connectivity index (χ1v) is 5.44. The van der Waals surface area contributed by atoms with E-state index >= 15 is 0 Å². The number of halogens is 1. The molecule has 1 aromatic carbocycles. The Morgan fingerprint density at radius 2 is 2.33 bits per heavy atom. The van der Waals surface area contributed by atoms with Gasteiger partial charge >= 0.3 is 5.97 Å². The largest absolute Gasteiger partial charge is 0.481 e. The van der Waals surface area contributed by atoms with Crippen LogP contribution >= 0.6 is 15.9 Å². The van der Waals surface area contributed by atoms with Crippen molar-refractivity contribution in [2.24, 2.45) is 5.92 Å². The van der Waals surface area contributed by atoms with E-state index in [1.54, 1.807) is 0 Å². The Morgan fingerprint density at radius 3 is 3.00 bits per heavy atom. The van der Waals surface area contributed by atoms with Gasteiger partial charge in [-0.25, -0.2) is 5.43 Å². The highest BCUT2D eigenvalue weighted by Crippen LogP contribution is 2.26. The molecular weight excluding hydrogens is 260 g/mol. The van der Waals surface area contributed by atoms with Gasteiger partial charge in [-0.15, -0.1) is 0 Å². The van der Waals surface area contributed by atoms with Crippen molar-refractivity contribution in [3.8, 4) is 0 Å². The first kappa shape index (κ1) is 10.6. The van der Waals surface area contributed by atoms with Crippen LogP contribution in [0.2, 0.25) is 0 Å². The lowest BCUT2D eigenvalue weighted by Gasteiger charge is -2.15. The molecule has 5 heteroatoms. The molecule has 4 nitrogen and oxygen atoms in total. The summed E-state index contributed by atoms with van der Waals surface area (Å²) in [5.74, 6) is -1.20. The maximum Gasteiger partial charge on any atom is 0.309 e. The SMILES string of the molecule is O=C(O)C1CNNC1c1cccc(Br)c1. The van der Waals surface area contributed by atoms with E-state index in [4.69, 9.17) is 5.11 Å². The highest BCUT2D eigenvalue weighted by Gasteiger charge is 2.33. The van der Waals surface area contributed by atoms with Gasteiger partial charge in [-0.3, -0.25) is 10.2 Å². The molecule has 0 bridgehead atoms. The third kappa shape index (κ3) is 2.19. The van der Waals surface area contributed by atoms with Crippen molar-refractivity contribution in [3.63, 3.8) is 0 Å². The summed E-state index contributed by atoms with van der Waals surface area (Å²) >= 11 is 3.37. The zero-order chi connectivity index (χ0) is 10.8. The fourth-order valence-electron chi connectivity index (χ4n) is 1.74. The van der Waals surface area contributed by atoms with E-state index in [9.17, 15) is 4.79 Å². The minimum atomic E-state index is -0.780. The van der Waals surface area contributed by atoms with Crippen LogP contribution < -0.4 is 10.9 Å². The van der Waals surface area contributed by atoms with E-state index in [2.05, 4.69) is 26.8 Å². The number of nitrogens with one attached hydrogen (secondary N) is 2. The maximum atomic E-state index is 11.0. The summed E-state index contributed by atoms with van der Waals surface area (Å²) in [5.41, 5.74) is 6.83. The molecule has 1 heterocycles. The van der Waals surface area contributed by atoms with E-state index in [-0.39, 0.29) is 6.04 Å². The quantitative estimate of drug-likeness (QED) is 0.758. The summed E-state index contributed by atoms with van der Waals surface area (Å²) in [6, 6.07) is 7.51. The molecule has 2 atom stereocenters. The van der Waals surface area contributed by atoms with Crippen molar-refractivity contribution in [2.75, 3.05) is 6.54 Å². The summed E-state index contributed by atoms with van der Waals surface area (Å²) < 4.78 is 0.956. The second kappa shape index (κ2) is 4.30. The van der Waals surface area contributed by atoms with E-state index in [1.807, 2.05) is 24.3 Å². The number of carbonyl (C=O) groups is 1. The third-order valence-electron chi connectivity index (χ3n) is 2.51.